The molecule has 1 amide bonds. The van der Waals surface area contributed by atoms with Gasteiger partial charge in [-0.15, -0.1) is 0 Å². The van der Waals surface area contributed by atoms with Crippen LogP contribution in [-0.2, 0) is 0 Å². The Balaban J connectivity index is 1.75. The Labute approximate surface area is 160 Å². The molecule has 0 spiro atoms. The summed E-state index contributed by atoms with van der Waals surface area (Å²) in [6.45, 7) is 0. The van der Waals surface area contributed by atoms with E-state index in [1.165, 1.54) is 6.20 Å². The monoisotopic (exact) mass is 387 g/mol. The first-order chi connectivity index (χ1) is 12.6. The highest BCUT2D eigenvalue weighted by Crippen LogP contribution is 2.31. The van der Waals surface area contributed by atoms with Gasteiger partial charge in [0.15, 0.2) is 0 Å². The minimum atomic E-state index is -0.275. The van der Waals surface area contributed by atoms with Crippen molar-refractivity contribution >= 4 is 46.2 Å². The zero-order valence-corrected chi connectivity index (χ0v) is 15.3. The summed E-state index contributed by atoms with van der Waals surface area (Å²) in [5.41, 5.74) is 2.32. The number of aromatic nitrogens is 1. The van der Waals surface area contributed by atoms with Crippen molar-refractivity contribution in [2.45, 2.75) is 0 Å². The number of nitrogens with one attached hydrogen (secondary N) is 2. The molecule has 26 heavy (non-hydrogen) atoms. The number of benzene rings is 2. The summed E-state index contributed by atoms with van der Waals surface area (Å²) >= 11 is 12.2. The van der Waals surface area contributed by atoms with Gasteiger partial charge in [0.2, 0.25) is 0 Å². The molecule has 1 aromatic heterocycles. The third kappa shape index (κ3) is 4.25. The van der Waals surface area contributed by atoms with Crippen LogP contribution in [0.2, 0.25) is 10.0 Å². The SMILES string of the molecule is COc1ccc(NC(=O)c2cncc(Nc3cccc(Cl)c3Cl)c2)cc1. The number of hydrogen-bond acceptors (Lipinski definition) is 4. The molecule has 7 heteroatoms. The third-order valence-corrected chi connectivity index (χ3v) is 4.40. The van der Waals surface area contributed by atoms with Gasteiger partial charge in [-0.05, 0) is 42.5 Å². The van der Waals surface area contributed by atoms with E-state index in [4.69, 9.17) is 27.9 Å². The van der Waals surface area contributed by atoms with Gasteiger partial charge in [0.25, 0.3) is 5.91 Å². The Morgan fingerprint density at radius 1 is 1.04 bits per heavy atom. The molecular formula is C19H15Cl2N3O2. The van der Waals surface area contributed by atoms with Gasteiger partial charge in [0, 0.05) is 11.9 Å². The number of ether oxygens (including phenoxy) is 1. The maximum atomic E-state index is 12.4. The average Bonchev–Trinajstić information content (AvgIpc) is 2.66. The molecule has 0 aliphatic carbocycles. The molecular weight excluding hydrogens is 373 g/mol. The lowest BCUT2D eigenvalue weighted by molar-refractivity contribution is 0.102. The highest BCUT2D eigenvalue weighted by molar-refractivity contribution is 6.43. The van der Waals surface area contributed by atoms with Crippen LogP contribution in [0.1, 0.15) is 10.4 Å². The molecule has 2 N–H and O–H groups in total. The summed E-state index contributed by atoms with van der Waals surface area (Å²) in [4.78, 5) is 16.5. The summed E-state index contributed by atoms with van der Waals surface area (Å²) in [5.74, 6) is 0.442. The van der Waals surface area contributed by atoms with E-state index in [1.807, 2.05) is 0 Å². The molecule has 0 saturated carbocycles. The standard InChI is InChI=1S/C19H15Cl2N3O2/c1-26-15-7-5-13(6-8-15)24-19(25)12-9-14(11-22-10-12)23-17-4-2-3-16(20)18(17)21/h2-11,23H,1H3,(H,24,25). The summed E-state index contributed by atoms with van der Waals surface area (Å²) in [7, 11) is 1.59. The van der Waals surface area contributed by atoms with E-state index in [-0.39, 0.29) is 5.91 Å². The maximum Gasteiger partial charge on any atom is 0.257 e. The van der Waals surface area contributed by atoms with Crippen LogP contribution in [0, 0.1) is 0 Å². The van der Waals surface area contributed by atoms with E-state index in [9.17, 15) is 4.79 Å². The predicted molar refractivity (Wildman–Crippen MR) is 105 cm³/mol. The molecule has 0 saturated heterocycles. The van der Waals surface area contributed by atoms with Crippen molar-refractivity contribution in [3.8, 4) is 5.75 Å². The number of carbonyl (C=O) groups excluding carboxylic acids is 1. The number of amides is 1. The van der Waals surface area contributed by atoms with E-state index in [0.29, 0.717) is 38.4 Å². The zero-order chi connectivity index (χ0) is 18.5. The predicted octanol–water partition coefficient (Wildman–Crippen LogP) is 5.39. The molecule has 132 valence electrons. The molecule has 0 aliphatic rings. The fraction of sp³-hybridized carbons (Fsp3) is 0.0526. The fourth-order valence-electron chi connectivity index (χ4n) is 2.27. The molecule has 0 atom stereocenters. The van der Waals surface area contributed by atoms with Crippen molar-refractivity contribution in [2.75, 3.05) is 17.7 Å². The van der Waals surface area contributed by atoms with E-state index in [1.54, 1.807) is 61.8 Å². The minimum absolute atomic E-state index is 0.275. The zero-order valence-electron chi connectivity index (χ0n) is 13.8. The normalized spacial score (nSPS) is 10.3. The smallest absolute Gasteiger partial charge is 0.257 e. The first kappa shape index (κ1) is 18.0. The third-order valence-electron chi connectivity index (χ3n) is 3.58. The van der Waals surface area contributed by atoms with Gasteiger partial charge in [-0.1, -0.05) is 29.3 Å². The van der Waals surface area contributed by atoms with Crippen LogP contribution in [0.3, 0.4) is 0 Å². The van der Waals surface area contributed by atoms with Gasteiger partial charge in [-0.25, -0.2) is 0 Å². The Kier molecular flexibility index (Phi) is 5.61. The van der Waals surface area contributed by atoms with Crippen LogP contribution in [0.25, 0.3) is 0 Å². The molecule has 0 fully saturated rings. The number of carbonyl (C=O) groups is 1. The molecule has 5 nitrogen and oxygen atoms in total. The average molecular weight is 388 g/mol. The van der Waals surface area contributed by atoms with Crippen molar-refractivity contribution in [1.29, 1.82) is 0 Å². The number of nitrogens with zero attached hydrogens (tertiary/aromatic N) is 1. The molecule has 0 unspecified atom stereocenters. The Hall–Kier alpha value is -2.76. The molecule has 0 radical (unpaired) electrons. The fourth-order valence-corrected chi connectivity index (χ4v) is 2.61. The van der Waals surface area contributed by atoms with E-state index >= 15 is 0 Å². The number of methoxy groups -OCH3 is 1. The van der Waals surface area contributed by atoms with Crippen molar-refractivity contribution in [1.82, 2.24) is 4.98 Å². The van der Waals surface area contributed by atoms with E-state index in [2.05, 4.69) is 15.6 Å². The Morgan fingerprint density at radius 3 is 2.54 bits per heavy atom. The number of rotatable bonds is 5. The van der Waals surface area contributed by atoms with Crippen molar-refractivity contribution in [3.05, 3.63) is 76.5 Å². The largest absolute Gasteiger partial charge is 0.497 e. The van der Waals surface area contributed by atoms with Crippen molar-refractivity contribution in [3.63, 3.8) is 0 Å². The molecule has 0 aliphatic heterocycles. The van der Waals surface area contributed by atoms with E-state index < -0.39 is 0 Å². The second-order valence-electron chi connectivity index (χ2n) is 5.37. The second kappa shape index (κ2) is 8.08. The Morgan fingerprint density at radius 2 is 1.81 bits per heavy atom. The van der Waals surface area contributed by atoms with Crippen LogP contribution in [0.5, 0.6) is 5.75 Å². The number of pyridine rings is 1. The lowest BCUT2D eigenvalue weighted by Crippen LogP contribution is -2.12. The van der Waals surface area contributed by atoms with Crippen LogP contribution in [-0.4, -0.2) is 18.0 Å². The van der Waals surface area contributed by atoms with Crippen LogP contribution in [0.4, 0.5) is 17.1 Å². The molecule has 3 rings (SSSR count). The first-order valence-corrected chi connectivity index (χ1v) is 8.44. The quantitative estimate of drug-likeness (QED) is 0.615. The van der Waals surface area contributed by atoms with Gasteiger partial charge in [-0.3, -0.25) is 9.78 Å². The first-order valence-electron chi connectivity index (χ1n) is 7.68. The summed E-state index contributed by atoms with van der Waals surface area (Å²) in [5, 5.41) is 6.77. The molecule has 0 bridgehead atoms. The van der Waals surface area contributed by atoms with Crippen LogP contribution >= 0.6 is 23.2 Å². The highest BCUT2D eigenvalue weighted by Gasteiger charge is 2.10. The van der Waals surface area contributed by atoms with E-state index in [0.717, 1.165) is 0 Å². The number of anilines is 3. The van der Waals surface area contributed by atoms with Gasteiger partial charge in [0.1, 0.15) is 5.75 Å². The van der Waals surface area contributed by atoms with Crippen LogP contribution in [0.15, 0.2) is 60.9 Å². The number of hydrogen-bond donors (Lipinski definition) is 2. The lowest BCUT2D eigenvalue weighted by Gasteiger charge is -2.11. The topological polar surface area (TPSA) is 63.2 Å². The Bertz CT molecular complexity index is 930. The minimum Gasteiger partial charge on any atom is -0.497 e. The van der Waals surface area contributed by atoms with Gasteiger partial charge < -0.3 is 15.4 Å². The lowest BCUT2D eigenvalue weighted by atomic mass is 10.2. The second-order valence-corrected chi connectivity index (χ2v) is 6.16. The number of halogens is 2. The van der Waals surface area contributed by atoms with Gasteiger partial charge in [-0.2, -0.15) is 0 Å². The van der Waals surface area contributed by atoms with Gasteiger partial charge >= 0.3 is 0 Å². The van der Waals surface area contributed by atoms with Crippen molar-refractivity contribution in [2.24, 2.45) is 0 Å². The highest BCUT2D eigenvalue weighted by atomic mass is 35.5. The molecule has 2 aromatic carbocycles. The molecule has 3 aromatic rings. The molecule has 1 heterocycles. The van der Waals surface area contributed by atoms with Crippen LogP contribution < -0.4 is 15.4 Å². The van der Waals surface area contributed by atoms with Crippen molar-refractivity contribution < 1.29 is 9.53 Å². The summed E-state index contributed by atoms with van der Waals surface area (Å²) in [6, 6.07) is 14.0. The maximum absolute atomic E-state index is 12.4. The van der Waals surface area contributed by atoms with Gasteiger partial charge in [0.05, 0.1) is 40.3 Å². The summed E-state index contributed by atoms with van der Waals surface area (Å²) < 4.78 is 5.10. The summed E-state index contributed by atoms with van der Waals surface area (Å²) in [6.07, 6.45) is 3.09.